The van der Waals surface area contributed by atoms with Crippen LogP contribution < -0.4 is 5.32 Å². The Morgan fingerprint density at radius 3 is 2.89 bits per heavy atom. The Kier molecular flexibility index (Phi) is 5.96. The summed E-state index contributed by atoms with van der Waals surface area (Å²) in [5, 5.41) is 2.92. The molecule has 0 atom stereocenters. The first kappa shape index (κ1) is 14.3. The van der Waals surface area contributed by atoms with Crippen LogP contribution in [0.4, 0.5) is 0 Å². The van der Waals surface area contributed by atoms with Gasteiger partial charge in [-0.2, -0.15) is 0 Å². The molecule has 1 amide bonds. The number of carbonyl (C=O) groups is 1. The minimum atomic E-state index is 0.0780. The van der Waals surface area contributed by atoms with Crippen molar-refractivity contribution in [3.63, 3.8) is 0 Å². The molecular formula is C15H20N2O. The quantitative estimate of drug-likeness (QED) is 0.608. The first-order valence-corrected chi connectivity index (χ1v) is 6.15. The molecule has 0 bridgehead atoms. The second-order valence-electron chi connectivity index (χ2n) is 4.20. The summed E-state index contributed by atoms with van der Waals surface area (Å²) in [5.41, 5.74) is 2.36. The average molecular weight is 244 g/mol. The predicted molar refractivity (Wildman–Crippen MR) is 74.0 cm³/mol. The molecule has 1 rings (SSSR count). The van der Waals surface area contributed by atoms with Crippen LogP contribution in [-0.4, -0.2) is 30.4 Å². The third-order valence-electron chi connectivity index (χ3n) is 2.69. The minimum absolute atomic E-state index is 0.0780. The van der Waals surface area contributed by atoms with Crippen LogP contribution in [0.1, 0.15) is 18.1 Å². The molecule has 1 aromatic rings. The van der Waals surface area contributed by atoms with Gasteiger partial charge in [0.05, 0.1) is 13.1 Å². The van der Waals surface area contributed by atoms with Gasteiger partial charge < -0.3 is 4.90 Å². The van der Waals surface area contributed by atoms with E-state index < -0.39 is 0 Å². The first-order valence-electron chi connectivity index (χ1n) is 6.15. The smallest absolute Gasteiger partial charge is 0.236 e. The summed E-state index contributed by atoms with van der Waals surface area (Å²) < 4.78 is 0. The average Bonchev–Trinajstić information content (AvgIpc) is 2.36. The number of nitrogens with one attached hydrogen (secondary N) is 1. The SMILES string of the molecule is C#CCNCC(=O)N(CC)Cc1cccc(C)c1. The lowest BCUT2D eigenvalue weighted by Crippen LogP contribution is -2.37. The van der Waals surface area contributed by atoms with Gasteiger partial charge in [0.2, 0.25) is 5.91 Å². The largest absolute Gasteiger partial charge is 0.338 e. The molecule has 1 N–H and O–H groups in total. The van der Waals surface area contributed by atoms with Crippen molar-refractivity contribution in [1.29, 1.82) is 0 Å². The Morgan fingerprint density at radius 1 is 1.50 bits per heavy atom. The van der Waals surface area contributed by atoms with Gasteiger partial charge >= 0.3 is 0 Å². The monoisotopic (exact) mass is 244 g/mol. The molecule has 3 heteroatoms. The standard InChI is InChI=1S/C15H20N2O/c1-4-9-16-11-15(18)17(5-2)12-14-8-6-7-13(3)10-14/h1,6-8,10,16H,5,9,11-12H2,2-3H3. The topological polar surface area (TPSA) is 32.3 Å². The van der Waals surface area contributed by atoms with Crippen LogP contribution in [0.5, 0.6) is 0 Å². The zero-order valence-electron chi connectivity index (χ0n) is 11.1. The first-order chi connectivity index (χ1) is 8.67. The lowest BCUT2D eigenvalue weighted by atomic mass is 10.1. The highest BCUT2D eigenvalue weighted by Gasteiger charge is 2.11. The number of nitrogens with zero attached hydrogens (tertiary/aromatic N) is 1. The Balaban J connectivity index is 2.56. The number of rotatable bonds is 6. The van der Waals surface area contributed by atoms with Crippen molar-refractivity contribution in [2.75, 3.05) is 19.6 Å². The summed E-state index contributed by atoms with van der Waals surface area (Å²) in [6.07, 6.45) is 5.13. The molecule has 3 nitrogen and oxygen atoms in total. The number of likely N-dealkylation sites (N-methyl/N-ethyl adjacent to an activating group) is 1. The Hall–Kier alpha value is -1.79. The number of benzene rings is 1. The number of hydrogen-bond donors (Lipinski definition) is 1. The normalized spacial score (nSPS) is 9.83. The van der Waals surface area contributed by atoms with E-state index in [0.717, 1.165) is 5.56 Å². The van der Waals surface area contributed by atoms with Gasteiger partial charge in [-0.05, 0) is 19.4 Å². The van der Waals surface area contributed by atoms with E-state index in [-0.39, 0.29) is 5.91 Å². The van der Waals surface area contributed by atoms with E-state index in [9.17, 15) is 4.79 Å². The van der Waals surface area contributed by atoms with Crippen molar-refractivity contribution in [3.8, 4) is 12.3 Å². The lowest BCUT2D eigenvalue weighted by Gasteiger charge is -2.21. The van der Waals surface area contributed by atoms with Crippen LogP contribution in [0.2, 0.25) is 0 Å². The van der Waals surface area contributed by atoms with Crippen LogP contribution in [0, 0.1) is 19.3 Å². The Bertz CT molecular complexity index is 434. The molecule has 0 spiro atoms. The van der Waals surface area contributed by atoms with Crippen molar-refractivity contribution in [2.24, 2.45) is 0 Å². The second-order valence-corrected chi connectivity index (χ2v) is 4.20. The van der Waals surface area contributed by atoms with Gasteiger partial charge in [0.15, 0.2) is 0 Å². The molecule has 18 heavy (non-hydrogen) atoms. The predicted octanol–water partition coefficient (Wildman–Crippen LogP) is 1.57. The molecule has 0 saturated heterocycles. The van der Waals surface area contributed by atoms with Crippen LogP contribution >= 0.6 is 0 Å². The Labute approximate surface area is 109 Å². The van der Waals surface area contributed by atoms with E-state index in [4.69, 9.17) is 6.42 Å². The number of amides is 1. The molecular weight excluding hydrogens is 224 g/mol. The molecule has 0 aromatic heterocycles. The lowest BCUT2D eigenvalue weighted by molar-refractivity contribution is -0.130. The fraction of sp³-hybridized carbons (Fsp3) is 0.400. The highest BCUT2D eigenvalue weighted by Crippen LogP contribution is 2.07. The van der Waals surface area contributed by atoms with Crippen molar-refractivity contribution >= 4 is 5.91 Å². The van der Waals surface area contributed by atoms with Crippen molar-refractivity contribution in [2.45, 2.75) is 20.4 Å². The van der Waals surface area contributed by atoms with Crippen LogP contribution in [-0.2, 0) is 11.3 Å². The van der Waals surface area contributed by atoms with Crippen LogP contribution in [0.15, 0.2) is 24.3 Å². The summed E-state index contributed by atoms with van der Waals surface area (Å²) >= 11 is 0. The van der Waals surface area contributed by atoms with Gasteiger partial charge in [-0.1, -0.05) is 35.7 Å². The van der Waals surface area contributed by atoms with Crippen LogP contribution in [0.25, 0.3) is 0 Å². The van der Waals surface area contributed by atoms with Gasteiger partial charge in [0.1, 0.15) is 0 Å². The number of hydrogen-bond acceptors (Lipinski definition) is 2. The van der Waals surface area contributed by atoms with Gasteiger partial charge in [-0.25, -0.2) is 0 Å². The zero-order valence-corrected chi connectivity index (χ0v) is 11.1. The molecule has 1 aromatic carbocycles. The zero-order chi connectivity index (χ0) is 13.4. The fourth-order valence-corrected chi connectivity index (χ4v) is 1.76. The summed E-state index contributed by atoms with van der Waals surface area (Å²) in [7, 11) is 0. The van der Waals surface area contributed by atoms with E-state index >= 15 is 0 Å². The minimum Gasteiger partial charge on any atom is -0.338 e. The molecule has 0 fully saturated rings. The van der Waals surface area contributed by atoms with Gasteiger partial charge in [0.25, 0.3) is 0 Å². The summed E-state index contributed by atoms with van der Waals surface area (Å²) in [6.45, 7) is 6.10. The summed E-state index contributed by atoms with van der Waals surface area (Å²) in [5.74, 6) is 2.53. The molecule has 0 aliphatic carbocycles. The van der Waals surface area contributed by atoms with Gasteiger partial charge in [-0.15, -0.1) is 6.42 Å². The number of aryl methyl sites for hydroxylation is 1. The van der Waals surface area contributed by atoms with Crippen molar-refractivity contribution < 1.29 is 4.79 Å². The summed E-state index contributed by atoms with van der Waals surface area (Å²) in [6, 6.07) is 8.21. The fourth-order valence-electron chi connectivity index (χ4n) is 1.76. The van der Waals surface area contributed by atoms with E-state index in [1.165, 1.54) is 5.56 Å². The van der Waals surface area contributed by atoms with Gasteiger partial charge in [-0.3, -0.25) is 10.1 Å². The van der Waals surface area contributed by atoms with Crippen molar-refractivity contribution in [1.82, 2.24) is 10.2 Å². The third-order valence-corrected chi connectivity index (χ3v) is 2.69. The Morgan fingerprint density at radius 2 is 2.28 bits per heavy atom. The highest BCUT2D eigenvalue weighted by molar-refractivity contribution is 5.78. The summed E-state index contributed by atoms with van der Waals surface area (Å²) in [4.78, 5) is 13.8. The molecule has 0 unspecified atom stereocenters. The maximum Gasteiger partial charge on any atom is 0.236 e. The number of terminal acetylenes is 1. The maximum absolute atomic E-state index is 11.9. The third kappa shape index (κ3) is 4.60. The molecule has 0 saturated carbocycles. The van der Waals surface area contributed by atoms with Gasteiger partial charge in [0, 0.05) is 13.1 Å². The van der Waals surface area contributed by atoms with Crippen LogP contribution in [0.3, 0.4) is 0 Å². The van der Waals surface area contributed by atoms with E-state index in [0.29, 0.717) is 26.2 Å². The molecule has 0 aliphatic rings. The molecule has 0 radical (unpaired) electrons. The molecule has 0 aliphatic heterocycles. The van der Waals surface area contributed by atoms with E-state index in [1.807, 2.05) is 24.0 Å². The molecule has 0 heterocycles. The van der Waals surface area contributed by atoms with E-state index in [2.05, 4.69) is 30.3 Å². The highest BCUT2D eigenvalue weighted by atomic mass is 16.2. The van der Waals surface area contributed by atoms with Crippen molar-refractivity contribution in [3.05, 3.63) is 35.4 Å². The van der Waals surface area contributed by atoms with E-state index in [1.54, 1.807) is 0 Å². The molecule has 96 valence electrons. The second kappa shape index (κ2) is 7.52. The maximum atomic E-state index is 11.9. The number of carbonyl (C=O) groups excluding carboxylic acids is 1.